The fraction of sp³-hybridized carbons (Fsp3) is 0.133. The van der Waals surface area contributed by atoms with Crippen molar-refractivity contribution in [2.24, 2.45) is 0 Å². The molecule has 2 aromatic carbocycles. The molecule has 19 heavy (non-hydrogen) atoms. The van der Waals surface area contributed by atoms with Crippen LogP contribution < -0.4 is 0 Å². The highest BCUT2D eigenvalue weighted by molar-refractivity contribution is 9.12. The molecule has 0 aliphatic carbocycles. The van der Waals surface area contributed by atoms with Gasteiger partial charge in [-0.15, -0.1) is 0 Å². The summed E-state index contributed by atoms with van der Waals surface area (Å²) in [6.45, 7) is 0. The van der Waals surface area contributed by atoms with Gasteiger partial charge >= 0.3 is 5.97 Å². The fourth-order valence-electron chi connectivity index (χ4n) is 2.23. The van der Waals surface area contributed by atoms with Crippen molar-refractivity contribution in [2.75, 3.05) is 0 Å². The molecular weight excluding hydrogens is 372 g/mol. The molecule has 0 saturated heterocycles. The Bertz CT molecular complexity index is 627. The van der Waals surface area contributed by atoms with Crippen LogP contribution in [0.5, 0.6) is 0 Å². The van der Waals surface area contributed by atoms with E-state index in [1.54, 1.807) is 6.07 Å². The Labute approximate surface area is 128 Å². The number of alkyl halides is 2. The van der Waals surface area contributed by atoms with Gasteiger partial charge in [-0.05, 0) is 27.6 Å². The third-order valence-corrected chi connectivity index (χ3v) is 6.01. The molecule has 1 aliphatic rings. The summed E-state index contributed by atoms with van der Waals surface area (Å²) < 4.78 is 4.71. The van der Waals surface area contributed by atoms with E-state index >= 15 is 0 Å². The number of hydrogen-bond donors (Lipinski definition) is 0. The molecule has 0 spiro atoms. The number of hydrogen-bond acceptors (Lipinski definition) is 2. The molecule has 0 unspecified atom stereocenters. The Morgan fingerprint density at radius 1 is 1.00 bits per heavy atom. The SMILES string of the molecule is O=C1O[C@](Br)([C@@H](Br)c2ccccc2)c2ccccc21. The number of cyclic esters (lactones) is 1. The van der Waals surface area contributed by atoms with E-state index < -0.39 is 4.51 Å². The van der Waals surface area contributed by atoms with Gasteiger partial charge in [0.1, 0.15) is 0 Å². The molecule has 3 rings (SSSR count). The van der Waals surface area contributed by atoms with Gasteiger partial charge in [0.05, 0.1) is 10.4 Å². The number of rotatable bonds is 2. The molecule has 0 radical (unpaired) electrons. The Morgan fingerprint density at radius 3 is 2.37 bits per heavy atom. The molecular formula is C15H10Br2O2. The molecule has 96 valence electrons. The number of ether oxygens (including phenoxy) is 1. The summed E-state index contributed by atoms with van der Waals surface area (Å²) in [5.74, 6) is -0.298. The number of esters is 1. The van der Waals surface area contributed by atoms with Gasteiger partial charge in [0.2, 0.25) is 4.51 Å². The predicted octanol–water partition coefficient (Wildman–Crippen LogP) is 4.54. The average molecular weight is 382 g/mol. The normalized spacial score (nSPS) is 22.7. The molecule has 0 amide bonds. The van der Waals surface area contributed by atoms with Crippen molar-refractivity contribution in [2.45, 2.75) is 9.34 Å². The van der Waals surface area contributed by atoms with Crippen LogP contribution in [0.2, 0.25) is 0 Å². The van der Waals surface area contributed by atoms with Crippen molar-refractivity contribution in [1.82, 2.24) is 0 Å². The zero-order chi connectivity index (χ0) is 13.5. The highest BCUT2D eigenvalue weighted by Gasteiger charge is 2.48. The van der Waals surface area contributed by atoms with E-state index in [1.165, 1.54) is 0 Å². The zero-order valence-corrected chi connectivity index (χ0v) is 13.0. The van der Waals surface area contributed by atoms with E-state index in [1.807, 2.05) is 48.5 Å². The standard InChI is InChI=1S/C15H10Br2O2/c16-13(10-6-2-1-3-7-10)15(17)12-9-5-4-8-11(12)14(18)19-15/h1-9,13H/t13-,15-/m0/s1. The first-order chi connectivity index (χ1) is 9.13. The second-order valence-corrected chi connectivity index (χ2v) is 6.45. The molecule has 2 nitrogen and oxygen atoms in total. The minimum Gasteiger partial charge on any atom is -0.437 e. The van der Waals surface area contributed by atoms with Crippen molar-refractivity contribution in [3.63, 3.8) is 0 Å². The van der Waals surface area contributed by atoms with Gasteiger partial charge < -0.3 is 4.74 Å². The lowest BCUT2D eigenvalue weighted by atomic mass is 9.99. The molecule has 0 N–H and O–H groups in total. The minimum atomic E-state index is -0.859. The van der Waals surface area contributed by atoms with Crippen LogP contribution in [0.4, 0.5) is 0 Å². The predicted molar refractivity (Wildman–Crippen MR) is 80.6 cm³/mol. The van der Waals surface area contributed by atoms with Crippen molar-refractivity contribution >= 4 is 37.8 Å². The van der Waals surface area contributed by atoms with E-state index in [0.717, 1.165) is 11.1 Å². The Balaban J connectivity index is 2.08. The van der Waals surface area contributed by atoms with E-state index in [4.69, 9.17) is 4.74 Å². The van der Waals surface area contributed by atoms with Crippen LogP contribution >= 0.6 is 31.9 Å². The first-order valence-corrected chi connectivity index (χ1v) is 7.54. The van der Waals surface area contributed by atoms with Gasteiger partial charge in [-0.3, -0.25) is 0 Å². The second kappa shape index (κ2) is 4.76. The first kappa shape index (κ1) is 12.9. The molecule has 0 aromatic heterocycles. The summed E-state index contributed by atoms with van der Waals surface area (Å²) in [4.78, 5) is 11.8. The van der Waals surface area contributed by atoms with Crippen LogP contribution in [0.3, 0.4) is 0 Å². The molecule has 0 saturated carbocycles. The lowest BCUT2D eigenvalue weighted by Crippen LogP contribution is -2.23. The number of halogens is 2. The van der Waals surface area contributed by atoms with Crippen LogP contribution in [0, 0.1) is 0 Å². The van der Waals surface area contributed by atoms with Crippen molar-refractivity contribution in [1.29, 1.82) is 0 Å². The lowest BCUT2D eigenvalue weighted by molar-refractivity contribution is 0.0308. The van der Waals surface area contributed by atoms with Gasteiger partial charge in [0, 0.05) is 5.56 Å². The van der Waals surface area contributed by atoms with E-state index in [0.29, 0.717) is 5.56 Å². The summed E-state index contributed by atoms with van der Waals surface area (Å²) in [7, 11) is 0. The summed E-state index contributed by atoms with van der Waals surface area (Å²) >= 11 is 7.24. The average Bonchev–Trinajstić information content (AvgIpc) is 2.72. The van der Waals surface area contributed by atoms with Crippen molar-refractivity contribution < 1.29 is 9.53 Å². The molecule has 1 heterocycles. The minimum absolute atomic E-state index is 0.159. The van der Waals surface area contributed by atoms with E-state index in [-0.39, 0.29) is 10.8 Å². The quantitative estimate of drug-likeness (QED) is 0.563. The molecule has 2 atom stereocenters. The number of carbonyl (C=O) groups excluding carboxylic acids is 1. The van der Waals surface area contributed by atoms with Crippen LogP contribution in [-0.2, 0) is 9.25 Å². The van der Waals surface area contributed by atoms with Gasteiger partial charge in [-0.2, -0.15) is 0 Å². The Morgan fingerprint density at radius 2 is 1.63 bits per heavy atom. The third kappa shape index (κ3) is 2.03. The maximum atomic E-state index is 11.9. The second-order valence-electron chi connectivity index (χ2n) is 4.35. The van der Waals surface area contributed by atoms with Crippen LogP contribution in [-0.4, -0.2) is 5.97 Å². The molecule has 0 bridgehead atoms. The monoisotopic (exact) mass is 380 g/mol. The van der Waals surface area contributed by atoms with Crippen molar-refractivity contribution in [3.05, 3.63) is 71.3 Å². The first-order valence-electron chi connectivity index (χ1n) is 5.83. The largest absolute Gasteiger partial charge is 0.437 e. The van der Waals surface area contributed by atoms with Crippen LogP contribution in [0.15, 0.2) is 54.6 Å². The number of fused-ring (bicyclic) bond motifs is 1. The summed E-state index contributed by atoms with van der Waals surface area (Å²) in [6, 6.07) is 17.3. The van der Waals surface area contributed by atoms with E-state index in [2.05, 4.69) is 31.9 Å². The highest BCUT2D eigenvalue weighted by atomic mass is 79.9. The van der Waals surface area contributed by atoms with Crippen molar-refractivity contribution in [3.8, 4) is 0 Å². The number of benzene rings is 2. The smallest absolute Gasteiger partial charge is 0.340 e. The highest BCUT2D eigenvalue weighted by Crippen LogP contribution is 2.53. The number of carbonyl (C=O) groups is 1. The Hall–Kier alpha value is -1.13. The molecule has 1 aliphatic heterocycles. The zero-order valence-electron chi connectivity index (χ0n) is 9.85. The maximum absolute atomic E-state index is 11.9. The van der Waals surface area contributed by atoms with Crippen LogP contribution in [0.1, 0.15) is 26.3 Å². The van der Waals surface area contributed by atoms with Gasteiger partial charge in [-0.1, -0.05) is 64.5 Å². The summed E-state index contributed by atoms with van der Waals surface area (Å²) in [5.41, 5.74) is 2.51. The molecule has 4 heteroatoms. The Kier molecular flexibility index (Phi) is 3.23. The van der Waals surface area contributed by atoms with Gasteiger partial charge in [0.25, 0.3) is 0 Å². The van der Waals surface area contributed by atoms with Gasteiger partial charge in [-0.25, -0.2) is 4.79 Å². The summed E-state index contributed by atoms with van der Waals surface area (Å²) in [5, 5.41) is 0. The van der Waals surface area contributed by atoms with Gasteiger partial charge in [0.15, 0.2) is 0 Å². The third-order valence-electron chi connectivity index (χ3n) is 3.17. The van der Waals surface area contributed by atoms with E-state index in [9.17, 15) is 4.79 Å². The van der Waals surface area contributed by atoms with Crippen LogP contribution in [0.25, 0.3) is 0 Å². The maximum Gasteiger partial charge on any atom is 0.340 e. The fourth-order valence-corrected chi connectivity index (χ4v) is 3.63. The molecule has 2 aromatic rings. The summed E-state index contributed by atoms with van der Waals surface area (Å²) in [6.07, 6.45) is 0. The lowest BCUT2D eigenvalue weighted by Gasteiger charge is -2.27. The topological polar surface area (TPSA) is 26.3 Å². The molecule has 0 fully saturated rings.